The van der Waals surface area contributed by atoms with Crippen LogP contribution in [0, 0.1) is 23.7 Å². The van der Waals surface area contributed by atoms with Crippen molar-refractivity contribution in [3.8, 4) is 0 Å². The lowest BCUT2D eigenvalue weighted by Gasteiger charge is -2.44. The van der Waals surface area contributed by atoms with Gasteiger partial charge in [-0.1, -0.05) is 80.3 Å². The monoisotopic (exact) mass is 512 g/mol. The molecule has 0 saturated heterocycles. The van der Waals surface area contributed by atoms with E-state index in [1.165, 1.54) is 0 Å². The maximum absolute atomic E-state index is 13.1. The van der Waals surface area contributed by atoms with Crippen LogP contribution in [0.3, 0.4) is 0 Å². The summed E-state index contributed by atoms with van der Waals surface area (Å²) in [6.45, 7) is 6.33. The summed E-state index contributed by atoms with van der Waals surface area (Å²) in [6, 6.07) is 18.5. The summed E-state index contributed by atoms with van der Waals surface area (Å²) in [5.41, 5.74) is 1.43. The lowest BCUT2D eigenvalue weighted by Crippen LogP contribution is -2.60. The van der Waals surface area contributed by atoms with E-state index in [2.05, 4.69) is 19.6 Å². The van der Waals surface area contributed by atoms with Crippen molar-refractivity contribution in [1.29, 1.82) is 0 Å². The zero-order valence-corrected chi connectivity index (χ0v) is 21.7. The summed E-state index contributed by atoms with van der Waals surface area (Å²) in [7, 11) is -1.51. The maximum atomic E-state index is 13.1. The molecule has 4 unspecified atom stereocenters. The van der Waals surface area contributed by atoms with E-state index in [0.717, 1.165) is 5.56 Å². The topological polar surface area (TPSA) is 116 Å². The van der Waals surface area contributed by atoms with E-state index >= 15 is 0 Å². The number of carbonyl (C=O) groups is 4. The minimum atomic E-state index is -1.51. The molecule has 0 spiro atoms. The van der Waals surface area contributed by atoms with Crippen molar-refractivity contribution in [2.24, 2.45) is 23.7 Å². The van der Waals surface area contributed by atoms with Crippen LogP contribution >= 0.6 is 0 Å². The molecule has 0 amide bonds. The largest absolute Gasteiger partial charge is 0.481 e. The molecule has 0 heterocycles. The highest BCUT2D eigenvalue weighted by Crippen LogP contribution is 2.49. The molecule has 8 nitrogen and oxygen atoms in total. The van der Waals surface area contributed by atoms with E-state index in [9.17, 15) is 24.3 Å². The third-order valence-corrected chi connectivity index (χ3v) is 7.90. The molecule has 0 bridgehead atoms. The second-order valence-corrected chi connectivity index (χ2v) is 15.7. The van der Waals surface area contributed by atoms with Crippen LogP contribution in [0.4, 0.5) is 0 Å². The predicted octanol–water partition coefficient (Wildman–Crippen LogP) is 3.92. The zero-order valence-electron chi connectivity index (χ0n) is 20.7. The third kappa shape index (κ3) is 7.04. The highest BCUT2D eigenvalue weighted by atomic mass is 28.3. The average molecular weight is 513 g/mol. The van der Waals surface area contributed by atoms with Gasteiger partial charge < -0.3 is 19.3 Å². The molecule has 192 valence electrons. The SMILES string of the molecule is C[Si](C)(C)CCOC(=O)C1C(C(=O)O)C(C(=O)OCc2ccccc2)C1C(=O)OCc1ccccc1. The Labute approximate surface area is 211 Å². The first-order chi connectivity index (χ1) is 17.1. The first-order valence-corrected chi connectivity index (χ1v) is 15.6. The van der Waals surface area contributed by atoms with Crippen LogP contribution in [-0.4, -0.2) is 43.7 Å². The third-order valence-electron chi connectivity index (χ3n) is 6.19. The fourth-order valence-electron chi connectivity index (χ4n) is 4.14. The standard InChI is InChI=1S/C27H32O8Si/c1-36(2,3)15-14-33-25(30)21-20(24(28)29)22(26(31)34-16-18-10-6-4-7-11-18)23(21)27(32)35-17-19-12-8-5-9-13-19/h4-13,20-23H,14-17H2,1-3H3,(H,28,29). The zero-order chi connectivity index (χ0) is 26.3. The number of esters is 3. The van der Waals surface area contributed by atoms with Gasteiger partial charge in [-0.2, -0.15) is 0 Å². The molecule has 1 N–H and O–H groups in total. The van der Waals surface area contributed by atoms with Crippen molar-refractivity contribution in [3.05, 3.63) is 71.8 Å². The molecule has 3 rings (SSSR count). The first-order valence-electron chi connectivity index (χ1n) is 11.9. The van der Waals surface area contributed by atoms with Crippen LogP contribution in [0.1, 0.15) is 11.1 Å². The number of rotatable bonds is 11. The van der Waals surface area contributed by atoms with Gasteiger partial charge in [0.2, 0.25) is 0 Å². The summed E-state index contributed by atoms with van der Waals surface area (Å²) in [4.78, 5) is 51.1. The summed E-state index contributed by atoms with van der Waals surface area (Å²) in [5.74, 6) is -9.31. The number of benzene rings is 2. The fraction of sp³-hybridized carbons (Fsp3) is 0.407. The lowest BCUT2D eigenvalue weighted by atomic mass is 9.56. The average Bonchev–Trinajstić information content (AvgIpc) is 2.81. The molecule has 2 aromatic carbocycles. The molecule has 0 aliphatic heterocycles. The predicted molar refractivity (Wildman–Crippen MR) is 133 cm³/mol. The highest BCUT2D eigenvalue weighted by molar-refractivity contribution is 6.76. The van der Waals surface area contributed by atoms with E-state index in [-0.39, 0.29) is 19.8 Å². The van der Waals surface area contributed by atoms with E-state index in [0.29, 0.717) is 11.6 Å². The molecule has 0 radical (unpaired) electrons. The number of carbonyl (C=O) groups excluding carboxylic acids is 3. The minimum absolute atomic E-state index is 0.0723. The van der Waals surface area contributed by atoms with Gasteiger partial charge in [0.25, 0.3) is 0 Å². The number of hydrogen-bond donors (Lipinski definition) is 1. The van der Waals surface area contributed by atoms with Gasteiger partial charge in [0.05, 0.1) is 30.3 Å². The number of carboxylic acids is 1. The Morgan fingerprint density at radius 1 is 0.667 bits per heavy atom. The van der Waals surface area contributed by atoms with Crippen molar-refractivity contribution in [3.63, 3.8) is 0 Å². The maximum Gasteiger partial charge on any atom is 0.311 e. The molecular formula is C27H32O8Si. The Morgan fingerprint density at radius 3 is 1.44 bits per heavy atom. The van der Waals surface area contributed by atoms with E-state index < -0.39 is 55.6 Å². The summed E-state index contributed by atoms with van der Waals surface area (Å²) < 4.78 is 16.1. The Morgan fingerprint density at radius 2 is 1.06 bits per heavy atom. The molecule has 36 heavy (non-hydrogen) atoms. The second-order valence-electron chi connectivity index (χ2n) is 10.1. The molecule has 0 aromatic heterocycles. The quantitative estimate of drug-likeness (QED) is 0.274. The molecule has 1 aliphatic carbocycles. The van der Waals surface area contributed by atoms with Gasteiger partial charge in [-0.3, -0.25) is 19.2 Å². The van der Waals surface area contributed by atoms with Crippen LogP contribution < -0.4 is 0 Å². The Hall–Kier alpha value is -3.46. The van der Waals surface area contributed by atoms with Crippen molar-refractivity contribution in [1.82, 2.24) is 0 Å². The second kappa shape index (κ2) is 12.0. The smallest absolute Gasteiger partial charge is 0.311 e. The van der Waals surface area contributed by atoms with Crippen LogP contribution in [0.25, 0.3) is 0 Å². The van der Waals surface area contributed by atoms with Crippen LogP contribution in [0.15, 0.2) is 60.7 Å². The summed E-state index contributed by atoms with van der Waals surface area (Å²) in [6.07, 6.45) is 0. The molecule has 1 aliphatic rings. The summed E-state index contributed by atoms with van der Waals surface area (Å²) >= 11 is 0. The van der Waals surface area contributed by atoms with Crippen molar-refractivity contribution < 1.29 is 38.5 Å². The van der Waals surface area contributed by atoms with E-state index in [1.54, 1.807) is 48.5 Å². The minimum Gasteiger partial charge on any atom is -0.481 e. The van der Waals surface area contributed by atoms with Gasteiger partial charge >= 0.3 is 23.9 Å². The van der Waals surface area contributed by atoms with E-state index in [1.807, 2.05) is 12.1 Å². The highest BCUT2D eigenvalue weighted by Gasteiger charge is 2.65. The van der Waals surface area contributed by atoms with Crippen LogP contribution in [-0.2, 0) is 46.6 Å². The van der Waals surface area contributed by atoms with Gasteiger partial charge in [-0.05, 0) is 17.2 Å². The number of hydrogen-bond acceptors (Lipinski definition) is 7. The van der Waals surface area contributed by atoms with E-state index in [4.69, 9.17) is 14.2 Å². The van der Waals surface area contributed by atoms with Crippen LogP contribution in [0.2, 0.25) is 25.7 Å². The lowest BCUT2D eigenvalue weighted by molar-refractivity contribution is -0.199. The molecule has 2 aromatic rings. The van der Waals surface area contributed by atoms with Gasteiger partial charge in [0, 0.05) is 8.07 Å². The van der Waals surface area contributed by atoms with Gasteiger partial charge in [-0.25, -0.2) is 0 Å². The molecule has 1 fully saturated rings. The molecule has 4 atom stereocenters. The summed E-state index contributed by atoms with van der Waals surface area (Å²) in [5, 5.41) is 9.86. The van der Waals surface area contributed by atoms with Gasteiger partial charge in [0.1, 0.15) is 13.2 Å². The number of ether oxygens (including phenoxy) is 3. The first kappa shape index (κ1) is 27.1. The Balaban J connectivity index is 1.77. The van der Waals surface area contributed by atoms with Crippen LogP contribution in [0.5, 0.6) is 0 Å². The number of carboxylic acid groups (broad SMARTS) is 1. The molecular weight excluding hydrogens is 480 g/mol. The van der Waals surface area contributed by atoms with Crippen molar-refractivity contribution in [2.75, 3.05) is 6.61 Å². The fourth-order valence-corrected chi connectivity index (χ4v) is 4.85. The molecule has 1 saturated carbocycles. The van der Waals surface area contributed by atoms with Gasteiger partial charge in [-0.15, -0.1) is 0 Å². The number of aliphatic carboxylic acids is 1. The normalized spacial score (nSPS) is 21.1. The van der Waals surface area contributed by atoms with Crippen molar-refractivity contribution >= 4 is 32.0 Å². The van der Waals surface area contributed by atoms with Crippen molar-refractivity contribution in [2.45, 2.75) is 38.9 Å². The molecule has 9 heteroatoms. The Kier molecular flexibility index (Phi) is 9.03. The Bertz CT molecular complexity index is 1060. The van der Waals surface area contributed by atoms with Gasteiger partial charge in [0.15, 0.2) is 0 Å².